The molecule has 1 aliphatic heterocycles. The van der Waals surface area contributed by atoms with E-state index < -0.39 is 5.97 Å². The fraction of sp³-hybridized carbons (Fsp3) is 0.286. The average molecular weight is 435 g/mol. The molecule has 0 unspecified atom stereocenters. The highest BCUT2D eigenvalue weighted by molar-refractivity contribution is 6.35. The zero-order chi connectivity index (χ0) is 20.8. The van der Waals surface area contributed by atoms with Gasteiger partial charge in [0.2, 0.25) is 5.91 Å². The van der Waals surface area contributed by atoms with Gasteiger partial charge < -0.3 is 15.0 Å². The lowest BCUT2D eigenvalue weighted by Gasteiger charge is -2.31. The Morgan fingerprint density at radius 2 is 1.62 bits per heavy atom. The van der Waals surface area contributed by atoms with Crippen molar-refractivity contribution in [1.29, 1.82) is 0 Å². The van der Waals surface area contributed by atoms with Crippen LogP contribution >= 0.6 is 23.2 Å². The van der Waals surface area contributed by atoms with Gasteiger partial charge in [-0.2, -0.15) is 0 Å². The summed E-state index contributed by atoms with van der Waals surface area (Å²) < 4.78 is 5.08. The fourth-order valence-corrected chi connectivity index (χ4v) is 3.66. The van der Waals surface area contributed by atoms with Gasteiger partial charge in [0.1, 0.15) is 0 Å². The predicted molar refractivity (Wildman–Crippen MR) is 111 cm³/mol. The summed E-state index contributed by atoms with van der Waals surface area (Å²) in [5.41, 5.74) is 0.940. The lowest BCUT2D eigenvalue weighted by molar-refractivity contribution is -0.137. The number of esters is 1. The molecular weight excluding hydrogens is 415 g/mol. The molecule has 1 N–H and O–H groups in total. The molecule has 1 heterocycles. The van der Waals surface area contributed by atoms with Crippen LogP contribution in [0.15, 0.2) is 48.5 Å². The van der Waals surface area contributed by atoms with Gasteiger partial charge in [0.15, 0.2) is 6.61 Å². The van der Waals surface area contributed by atoms with E-state index in [4.69, 9.17) is 27.9 Å². The number of anilines is 1. The summed E-state index contributed by atoms with van der Waals surface area (Å²) in [6.07, 6.45) is 1.12. The second-order valence-corrected chi connectivity index (χ2v) is 7.62. The molecule has 0 saturated carbocycles. The first kappa shape index (κ1) is 21.1. The summed E-state index contributed by atoms with van der Waals surface area (Å²) in [4.78, 5) is 38.4. The molecule has 0 bridgehead atoms. The molecule has 1 saturated heterocycles. The van der Waals surface area contributed by atoms with Crippen LogP contribution in [0, 0.1) is 5.92 Å². The Labute approximate surface area is 178 Å². The minimum absolute atomic E-state index is 0.0486. The molecule has 8 heteroatoms. The third-order valence-electron chi connectivity index (χ3n) is 4.68. The van der Waals surface area contributed by atoms with Crippen molar-refractivity contribution in [3.05, 3.63) is 64.1 Å². The number of carbonyl (C=O) groups excluding carboxylic acids is 3. The number of rotatable bonds is 5. The van der Waals surface area contributed by atoms with Gasteiger partial charge in [-0.05, 0) is 43.2 Å². The SMILES string of the molecule is O=C(OCC(=O)N1CCC(C(=O)Nc2ccccc2)CC1)c1cc(Cl)cc(Cl)c1. The molecule has 152 valence electrons. The van der Waals surface area contributed by atoms with Crippen LogP contribution in [-0.4, -0.2) is 42.4 Å². The van der Waals surface area contributed by atoms with Crippen LogP contribution < -0.4 is 5.32 Å². The summed E-state index contributed by atoms with van der Waals surface area (Å²) in [5.74, 6) is -1.17. The monoisotopic (exact) mass is 434 g/mol. The van der Waals surface area contributed by atoms with E-state index in [1.807, 2.05) is 30.3 Å². The quantitative estimate of drug-likeness (QED) is 0.720. The summed E-state index contributed by atoms with van der Waals surface area (Å²) in [7, 11) is 0. The van der Waals surface area contributed by atoms with Crippen molar-refractivity contribution in [3.8, 4) is 0 Å². The Morgan fingerprint density at radius 3 is 2.24 bits per heavy atom. The van der Waals surface area contributed by atoms with Crippen LogP contribution in [0.25, 0.3) is 0 Å². The Bertz CT molecular complexity index is 877. The van der Waals surface area contributed by atoms with Crippen molar-refractivity contribution in [2.75, 3.05) is 25.0 Å². The van der Waals surface area contributed by atoms with Crippen molar-refractivity contribution < 1.29 is 19.1 Å². The molecule has 0 radical (unpaired) electrons. The lowest BCUT2D eigenvalue weighted by Crippen LogP contribution is -2.43. The van der Waals surface area contributed by atoms with Gasteiger partial charge in [-0.1, -0.05) is 41.4 Å². The smallest absolute Gasteiger partial charge is 0.338 e. The summed E-state index contributed by atoms with van der Waals surface area (Å²) >= 11 is 11.7. The van der Waals surface area contributed by atoms with Crippen LogP contribution in [0.3, 0.4) is 0 Å². The highest BCUT2D eigenvalue weighted by Gasteiger charge is 2.28. The van der Waals surface area contributed by atoms with Gasteiger partial charge in [0.05, 0.1) is 5.56 Å². The van der Waals surface area contributed by atoms with Gasteiger partial charge >= 0.3 is 5.97 Å². The second kappa shape index (κ2) is 9.76. The zero-order valence-electron chi connectivity index (χ0n) is 15.6. The van der Waals surface area contributed by atoms with E-state index in [9.17, 15) is 14.4 Å². The molecule has 29 heavy (non-hydrogen) atoms. The van der Waals surface area contributed by atoms with Crippen molar-refractivity contribution in [2.45, 2.75) is 12.8 Å². The number of nitrogens with zero attached hydrogens (tertiary/aromatic N) is 1. The minimum atomic E-state index is -0.667. The number of amides is 2. The Kier molecular flexibility index (Phi) is 7.12. The first-order valence-corrected chi connectivity index (χ1v) is 9.95. The third-order valence-corrected chi connectivity index (χ3v) is 5.12. The normalized spacial score (nSPS) is 14.3. The van der Waals surface area contributed by atoms with Gasteiger partial charge in [-0.25, -0.2) is 4.79 Å². The van der Waals surface area contributed by atoms with E-state index in [1.54, 1.807) is 4.90 Å². The van der Waals surface area contributed by atoms with Crippen LogP contribution in [0.2, 0.25) is 10.0 Å². The van der Waals surface area contributed by atoms with Crippen molar-refractivity contribution in [3.63, 3.8) is 0 Å². The fourth-order valence-electron chi connectivity index (χ4n) is 3.13. The standard InChI is InChI=1S/C21H20Cl2N2O4/c22-16-10-15(11-17(23)12-16)21(28)29-13-19(26)25-8-6-14(7-9-25)20(27)24-18-4-2-1-3-5-18/h1-5,10-12,14H,6-9,13H2,(H,24,27). The number of halogens is 2. The number of nitrogens with one attached hydrogen (secondary N) is 1. The maximum absolute atomic E-state index is 12.4. The van der Waals surface area contributed by atoms with Crippen molar-refractivity contribution in [2.24, 2.45) is 5.92 Å². The van der Waals surface area contributed by atoms with E-state index in [0.29, 0.717) is 36.0 Å². The molecule has 1 aliphatic rings. The van der Waals surface area contributed by atoms with Gasteiger partial charge in [-0.15, -0.1) is 0 Å². The number of hydrogen-bond acceptors (Lipinski definition) is 4. The number of carbonyl (C=O) groups is 3. The van der Waals surface area contributed by atoms with E-state index in [0.717, 1.165) is 5.69 Å². The average Bonchev–Trinajstić information content (AvgIpc) is 2.72. The molecule has 2 amide bonds. The van der Waals surface area contributed by atoms with Gasteiger partial charge in [-0.3, -0.25) is 9.59 Å². The Hall–Kier alpha value is -2.57. The number of piperidine rings is 1. The molecule has 0 aromatic heterocycles. The largest absolute Gasteiger partial charge is 0.452 e. The lowest BCUT2D eigenvalue weighted by atomic mass is 9.95. The molecule has 0 spiro atoms. The molecule has 0 atom stereocenters. The highest BCUT2D eigenvalue weighted by atomic mass is 35.5. The van der Waals surface area contributed by atoms with Crippen molar-refractivity contribution >= 4 is 46.7 Å². The maximum Gasteiger partial charge on any atom is 0.338 e. The predicted octanol–water partition coefficient (Wildman–Crippen LogP) is 4.03. The van der Waals surface area contributed by atoms with Gasteiger partial charge in [0.25, 0.3) is 5.91 Å². The number of para-hydroxylation sites is 1. The highest BCUT2D eigenvalue weighted by Crippen LogP contribution is 2.21. The molecule has 0 aliphatic carbocycles. The van der Waals surface area contributed by atoms with Crippen molar-refractivity contribution in [1.82, 2.24) is 4.90 Å². The molecular formula is C21H20Cl2N2O4. The van der Waals surface area contributed by atoms with Crippen LogP contribution in [0.5, 0.6) is 0 Å². The van der Waals surface area contributed by atoms with Crippen LogP contribution in [0.4, 0.5) is 5.69 Å². The number of hydrogen-bond donors (Lipinski definition) is 1. The number of likely N-dealkylation sites (tertiary alicyclic amines) is 1. The van der Waals surface area contributed by atoms with Gasteiger partial charge in [0, 0.05) is 34.7 Å². The Morgan fingerprint density at radius 1 is 1.00 bits per heavy atom. The summed E-state index contributed by atoms with van der Waals surface area (Å²) in [5, 5.41) is 3.51. The zero-order valence-corrected chi connectivity index (χ0v) is 17.1. The maximum atomic E-state index is 12.4. The van der Waals surface area contributed by atoms with E-state index >= 15 is 0 Å². The molecule has 1 fully saturated rings. The number of ether oxygens (including phenoxy) is 1. The topological polar surface area (TPSA) is 75.7 Å². The molecule has 3 rings (SSSR count). The first-order valence-electron chi connectivity index (χ1n) is 9.19. The van der Waals surface area contributed by atoms with E-state index in [2.05, 4.69) is 5.32 Å². The minimum Gasteiger partial charge on any atom is -0.452 e. The summed E-state index contributed by atoms with van der Waals surface area (Å²) in [6, 6.07) is 13.6. The second-order valence-electron chi connectivity index (χ2n) is 6.74. The third kappa shape index (κ3) is 5.95. The van der Waals surface area contributed by atoms with E-state index in [-0.39, 0.29) is 29.9 Å². The first-order chi connectivity index (χ1) is 13.9. The summed E-state index contributed by atoms with van der Waals surface area (Å²) in [6.45, 7) is 0.502. The molecule has 6 nitrogen and oxygen atoms in total. The van der Waals surface area contributed by atoms with Crippen LogP contribution in [0.1, 0.15) is 23.2 Å². The Balaban J connectivity index is 1.45. The number of benzene rings is 2. The van der Waals surface area contributed by atoms with E-state index in [1.165, 1.54) is 18.2 Å². The van der Waals surface area contributed by atoms with Crippen LogP contribution in [-0.2, 0) is 14.3 Å². The molecule has 2 aromatic rings. The molecule has 2 aromatic carbocycles.